The monoisotopic (exact) mass is 234 g/mol. The molecular weight excluding hydrogens is 216 g/mol. The molecule has 0 bridgehead atoms. The fourth-order valence-corrected chi connectivity index (χ4v) is 2.44. The third-order valence-corrected chi connectivity index (χ3v) is 3.98. The summed E-state index contributed by atoms with van der Waals surface area (Å²) in [5.41, 5.74) is 2.74. The van der Waals surface area contributed by atoms with Crippen molar-refractivity contribution in [3.05, 3.63) is 29.8 Å². The smallest absolute Gasteiger partial charge is 0.161 e. The molecule has 0 aromatic heterocycles. The van der Waals surface area contributed by atoms with Crippen LogP contribution in [0.15, 0.2) is 29.3 Å². The lowest BCUT2D eigenvalue weighted by Crippen LogP contribution is -2.27. The van der Waals surface area contributed by atoms with E-state index in [2.05, 4.69) is 55.3 Å². The summed E-state index contributed by atoms with van der Waals surface area (Å²) >= 11 is 1.81. The van der Waals surface area contributed by atoms with Gasteiger partial charge in [-0.1, -0.05) is 43.3 Å². The van der Waals surface area contributed by atoms with E-state index in [9.17, 15) is 0 Å². The first-order chi connectivity index (χ1) is 7.55. The Morgan fingerprint density at radius 2 is 1.94 bits per heavy atom. The Balaban J connectivity index is 2.01. The highest BCUT2D eigenvalue weighted by molar-refractivity contribution is 8.14. The fourth-order valence-electron chi connectivity index (χ4n) is 1.48. The lowest BCUT2D eigenvalue weighted by atomic mass is 9.97. The van der Waals surface area contributed by atoms with Crippen LogP contribution in [0, 0.1) is 12.3 Å². The van der Waals surface area contributed by atoms with E-state index in [1.807, 2.05) is 11.8 Å². The van der Waals surface area contributed by atoms with E-state index in [4.69, 9.17) is 0 Å². The number of hydrogen-bond donors (Lipinski definition) is 1. The number of thioether (sulfide) groups is 1. The topological polar surface area (TPSA) is 24.4 Å². The molecular formula is C13H18N2S. The van der Waals surface area contributed by atoms with E-state index in [0.717, 1.165) is 23.2 Å². The van der Waals surface area contributed by atoms with Crippen molar-refractivity contribution in [2.75, 3.05) is 17.6 Å². The molecule has 86 valence electrons. The summed E-state index contributed by atoms with van der Waals surface area (Å²) in [6, 6.07) is 8.41. The maximum Gasteiger partial charge on any atom is 0.161 e. The summed E-state index contributed by atoms with van der Waals surface area (Å²) < 4.78 is 0. The first kappa shape index (κ1) is 11.5. The van der Waals surface area contributed by atoms with Crippen molar-refractivity contribution in [3.8, 4) is 0 Å². The second kappa shape index (κ2) is 4.50. The van der Waals surface area contributed by atoms with Crippen molar-refractivity contribution >= 4 is 22.6 Å². The minimum atomic E-state index is 0.336. The minimum absolute atomic E-state index is 0.336. The highest BCUT2D eigenvalue weighted by atomic mass is 32.2. The Hall–Kier alpha value is -0.960. The van der Waals surface area contributed by atoms with Gasteiger partial charge in [-0.2, -0.15) is 0 Å². The van der Waals surface area contributed by atoms with Crippen LogP contribution in [0.25, 0.3) is 0 Å². The maximum absolute atomic E-state index is 4.57. The van der Waals surface area contributed by atoms with Crippen molar-refractivity contribution in [1.29, 1.82) is 0 Å². The summed E-state index contributed by atoms with van der Waals surface area (Å²) in [7, 11) is 0. The number of aliphatic imine (C=N–C) groups is 1. The van der Waals surface area contributed by atoms with Crippen LogP contribution in [-0.4, -0.2) is 17.5 Å². The quantitative estimate of drug-likeness (QED) is 0.803. The van der Waals surface area contributed by atoms with Gasteiger partial charge in [0.25, 0.3) is 0 Å². The first-order valence-corrected chi connectivity index (χ1v) is 6.55. The van der Waals surface area contributed by atoms with E-state index in [1.54, 1.807) is 0 Å². The van der Waals surface area contributed by atoms with Crippen molar-refractivity contribution in [2.45, 2.75) is 20.8 Å². The Labute approximate surface area is 102 Å². The standard InChI is InChI=1S/C13H18N2S/c1-10-4-6-11(7-5-10)15-12-14-8-13(2,3)9-16-12/h4-7H,8-9H2,1-3H3,(H,14,15). The molecule has 16 heavy (non-hydrogen) atoms. The maximum atomic E-state index is 4.57. The highest BCUT2D eigenvalue weighted by Crippen LogP contribution is 2.28. The largest absolute Gasteiger partial charge is 0.335 e. The predicted octanol–water partition coefficient (Wildman–Crippen LogP) is 3.54. The van der Waals surface area contributed by atoms with Gasteiger partial charge in [-0.15, -0.1) is 0 Å². The van der Waals surface area contributed by atoms with Gasteiger partial charge in [-0.25, -0.2) is 0 Å². The van der Waals surface area contributed by atoms with E-state index >= 15 is 0 Å². The van der Waals surface area contributed by atoms with E-state index in [-0.39, 0.29) is 0 Å². The van der Waals surface area contributed by atoms with Crippen LogP contribution >= 0.6 is 11.8 Å². The molecule has 0 saturated carbocycles. The number of hydrogen-bond acceptors (Lipinski definition) is 3. The van der Waals surface area contributed by atoms with Gasteiger partial charge in [0.2, 0.25) is 0 Å². The van der Waals surface area contributed by atoms with Crippen LogP contribution in [0.4, 0.5) is 5.69 Å². The molecule has 1 aromatic carbocycles. The highest BCUT2D eigenvalue weighted by Gasteiger charge is 2.23. The number of amidine groups is 1. The molecule has 0 unspecified atom stereocenters. The van der Waals surface area contributed by atoms with Gasteiger partial charge in [-0.05, 0) is 24.5 Å². The average molecular weight is 234 g/mol. The molecule has 0 aliphatic carbocycles. The van der Waals surface area contributed by atoms with Gasteiger partial charge in [0.05, 0.1) is 0 Å². The van der Waals surface area contributed by atoms with E-state index in [0.29, 0.717) is 5.41 Å². The average Bonchev–Trinajstić information content (AvgIpc) is 2.24. The van der Waals surface area contributed by atoms with Crippen LogP contribution in [0.1, 0.15) is 19.4 Å². The van der Waals surface area contributed by atoms with Crippen molar-refractivity contribution in [2.24, 2.45) is 10.4 Å². The molecule has 0 saturated heterocycles. The second-order valence-corrected chi connectivity index (χ2v) is 6.03. The summed E-state index contributed by atoms with van der Waals surface area (Å²) in [4.78, 5) is 4.57. The first-order valence-electron chi connectivity index (χ1n) is 5.56. The third-order valence-electron chi connectivity index (χ3n) is 2.55. The van der Waals surface area contributed by atoms with Gasteiger partial charge >= 0.3 is 0 Å². The molecule has 2 rings (SSSR count). The zero-order valence-corrected chi connectivity index (χ0v) is 10.9. The van der Waals surface area contributed by atoms with Gasteiger partial charge < -0.3 is 5.32 Å². The van der Waals surface area contributed by atoms with Crippen LogP contribution in [-0.2, 0) is 0 Å². The van der Waals surface area contributed by atoms with Crippen molar-refractivity contribution in [1.82, 2.24) is 0 Å². The van der Waals surface area contributed by atoms with E-state index in [1.165, 1.54) is 5.56 Å². The lowest BCUT2D eigenvalue weighted by Gasteiger charge is -2.27. The molecule has 1 heterocycles. The third kappa shape index (κ3) is 3.01. The number of nitrogens with one attached hydrogen (secondary N) is 1. The zero-order valence-electron chi connectivity index (χ0n) is 10.1. The Morgan fingerprint density at radius 1 is 1.25 bits per heavy atom. The van der Waals surface area contributed by atoms with Gasteiger partial charge in [0, 0.05) is 18.0 Å². The zero-order chi connectivity index (χ0) is 11.6. The SMILES string of the molecule is Cc1ccc(NC2=NCC(C)(C)CS2)cc1. The van der Waals surface area contributed by atoms with Crippen LogP contribution in [0.3, 0.4) is 0 Å². The molecule has 1 aromatic rings. The van der Waals surface area contributed by atoms with Gasteiger partial charge in [0.15, 0.2) is 5.17 Å². The van der Waals surface area contributed by atoms with Crippen LogP contribution in [0.5, 0.6) is 0 Å². The summed E-state index contributed by atoms with van der Waals surface area (Å²) in [5.74, 6) is 1.13. The summed E-state index contributed by atoms with van der Waals surface area (Å²) in [5, 5.41) is 4.40. The predicted molar refractivity (Wildman–Crippen MR) is 73.3 cm³/mol. The van der Waals surface area contributed by atoms with Crippen molar-refractivity contribution < 1.29 is 0 Å². The number of nitrogens with zero attached hydrogens (tertiary/aromatic N) is 1. The molecule has 3 heteroatoms. The Kier molecular flexibility index (Phi) is 3.24. The Morgan fingerprint density at radius 3 is 2.50 bits per heavy atom. The summed E-state index contributed by atoms with van der Waals surface area (Å²) in [6.07, 6.45) is 0. The normalized spacial score (nSPS) is 19.1. The number of benzene rings is 1. The molecule has 0 spiro atoms. The molecule has 1 aliphatic heterocycles. The molecule has 0 fully saturated rings. The van der Waals surface area contributed by atoms with Gasteiger partial charge in [0.1, 0.15) is 0 Å². The van der Waals surface area contributed by atoms with Crippen LogP contribution < -0.4 is 5.32 Å². The molecule has 0 radical (unpaired) electrons. The molecule has 2 nitrogen and oxygen atoms in total. The lowest BCUT2D eigenvalue weighted by molar-refractivity contribution is 0.438. The molecule has 1 N–H and O–H groups in total. The molecule has 0 atom stereocenters. The fraction of sp³-hybridized carbons (Fsp3) is 0.462. The second-order valence-electron chi connectivity index (χ2n) is 5.07. The number of aryl methyl sites for hydroxylation is 1. The Bertz CT molecular complexity index is 393. The minimum Gasteiger partial charge on any atom is -0.335 e. The van der Waals surface area contributed by atoms with Crippen LogP contribution in [0.2, 0.25) is 0 Å². The molecule has 1 aliphatic rings. The number of rotatable bonds is 1. The number of anilines is 1. The van der Waals surface area contributed by atoms with Crippen molar-refractivity contribution in [3.63, 3.8) is 0 Å². The van der Waals surface area contributed by atoms with Gasteiger partial charge in [-0.3, -0.25) is 4.99 Å². The molecule has 0 amide bonds. The van der Waals surface area contributed by atoms with E-state index < -0.39 is 0 Å². The summed E-state index contributed by atoms with van der Waals surface area (Å²) in [6.45, 7) is 7.52.